The molecule has 0 aliphatic carbocycles. The van der Waals surface area contributed by atoms with Crippen LogP contribution in [0.4, 0.5) is 11.6 Å². The van der Waals surface area contributed by atoms with E-state index >= 15 is 0 Å². The zero-order chi connectivity index (χ0) is 19.2. The summed E-state index contributed by atoms with van der Waals surface area (Å²) in [6, 6.07) is 7.04. The number of benzene rings is 1. The standard InChI is InChI=1S/C19H25N5O3/c1-4-23-9-11-24(12-10-23)18(25)15-7-8-20-19(21-15)22-16-13-14(26-2)5-6-17(16)27-3/h5-8,13H,4,9-12H2,1-3H3,(H,20,21,22). The fraction of sp³-hybridized carbons (Fsp3) is 0.421. The molecule has 27 heavy (non-hydrogen) atoms. The van der Waals surface area contributed by atoms with Gasteiger partial charge >= 0.3 is 0 Å². The lowest BCUT2D eigenvalue weighted by Gasteiger charge is -2.33. The van der Waals surface area contributed by atoms with Gasteiger partial charge in [-0.1, -0.05) is 6.92 Å². The second kappa shape index (κ2) is 8.68. The van der Waals surface area contributed by atoms with Gasteiger partial charge in [-0.25, -0.2) is 9.97 Å². The average Bonchev–Trinajstić information content (AvgIpc) is 2.73. The smallest absolute Gasteiger partial charge is 0.272 e. The van der Waals surface area contributed by atoms with Crippen molar-refractivity contribution in [1.29, 1.82) is 0 Å². The van der Waals surface area contributed by atoms with E-state index < -0.39 is 0 Å². The number of carbonyl (C=O) groups is 1. The molecule has 1 aromatic carbocycles. The SMILES string of the molecule is CCN1CCN(C(=O)c2ccnc(Nc3cc(OC)ccc3OC)n2)CC1. The van der Waals surface area contributed by atoms with Gasteiger partial charge in [0.1, 0.15) is 17.2 Å². The minimum Gasteiger partial charge on any atom is -0.497 e. The first-order valence-electron chi connectivity index (χ1n) is 8.98. The highest BCUT2D eigenvalue weighted by atomic mass is 16.5. The number of aromatic nitrogens is 2. The van der Waals surface area contributed by atoms with Gasteiger partial charge in [0.05, 0.1) is 19.9 Å². The molecule has 0 atom stereocenters. The van der Waals surface area contributed by atoms with Crippen LogP contribution in [0.3, 0.4) is 0 Å². The van der Waals surface area contributed by atoms with Gasteiger partial charge < -0.3 is 24.6 Å². The molecular formula is C19H25N5O3. The topological polar surface area (TPSA) is 79.8 Å². The number of methoxy groups -OCH3 is 2. The molecule has 8 nitrogen and oxygen atoms in total. The molecule has 0 radical (unpaired) electrons. The van der Waals surface area contributed by atoms with Crippen molar-refractivity contribution in [1.82, 2.24) is 19.8 Å². The van der Waals surface area contributed by atoms with Crippen molar-refractivity contribution in [3.63, 3.8) is 0 Å². The second-order valence-electron chi connectivity index (χ2n) is 6.18. The predicted molar refractivity (Wildman–Crippen MR) is 103 cm³/mol. The van der Waals surface area contributed by atoms with E-state index in [4.69, 9.17) is 9.47 Å². The number of hydrogen-bond acceptors (Lipinski definition) is 7. The Hall–Kier alpha value is -2.87. The van der Waals surface area contributed by atoms with Gasteiger partial charge in [0, 0.05) is 38.4 Å². The van der Waals surface area contributed by atoms with E-state index in [9.17, 15) is 4.79 Å². The molecule has 1 aliphatic rings. The van der Waals surface area contributed by atoms with Crippen LogP contribution in [0.15, 0.2) is 30.5 Å². The Balaban J connectivity index is 1.75. The number of likely N-dealkylation sites (N-methyl/N-ethyl adjacent to an activating group) is 1. The Bertz CT molecular complexity index is 791. The lowest BCUT2D eigenvalue weighted by molar-refractivity contribution is 0.0637. The summed E-state index contributed by atoms with van der Waals surface area (Å²) in [6.07, 6.45) is 1.58. The molecule has 8 heteroatoms. The lowest BCUT2D eigenvalue weighted by Crippen LogP contribution is -2.48. The molecule has 144 valence electrons. The highest BCUT2D eigenvalue weighted by Gasteiger charge is 2.22. The maximum absolute atomic E-state index is 12.8. The van der Waals surface area contributed by atoms with E-state index in [1.807, 2.05) is 4.90 Å². The normalized spacial score (nSPS) is 14.7. The molecule has 0 bridgehead atoms. The number of rotatable bonds is 6. The molecule has 2 aromatic rings. The van der Waals surface area contributed by atoms with E-state index in [2.05, 4.69) is 27.1 Å². The van der Waals surface area contributed by atoms with Gasteiger partial charge in [0.15, 0.2) is 0 Å². The molecule has 1 aliphatic heterocycles. The summed E-state index contributed by atoms with van der Waals surface area (Å²) in [5.41, 5.74) is 1.04. The molecule has 3 rings (SSSR count). The van der Waals surface area contributed by atoms with Crippen LogP contribution >= 0.6 is 0 Å². The number of nitrogens with one attached hydrogen (secondary N) is 1. The third-order valence-corrected chi connectivity index (χ3v) is 4.63. The molecule has 1 aromatic heterocycles. The molecule has 1 N–H and O–H groups in total. The summed E-state index contributed by atoms with van der Waals surface area (Å²) in [5.74, 6) is 1.57. The summed E-state index contributed by atoms with van der Waals surface area (Å²) in [7, 11) is 3.18. The third-order valence-electron chi connectivity index (χ3n) is 4.63. The number of piperazine rings is 1. The van der Waals surface area contributed by atoms with E-state index in [0.29, 0.717) is 41.9 Å². The Morgan fingerprint density at radius 3 is 2.59 bits per heavy atom. The van der Waals surface area contributed by atoms with Crippen molar-refractivity contribution in [3.8, 4) is 11.5 Å². The van der Waals surface area contributed by atoms with Crippen LogP contribution in [-0.4, -0.2) is 72.6 Å². The third kappa shape index (κ3) is 4.46. The molecule has 0 spiro atoms. The molecule has 1 saturated heterocycles. The van der Waals surface area contributed by atoms with E-state index in [0.717, 1.165) is 19.6 Å². The molecule has 1 amide bonds. The Morgan fingerprint density at radius 2 is 1.93 bits per heavy atom. The zero-order valence-electron chi connectivity index (χ0n) is 15.9. The van der Waals surface area contributed by atoms with Crippen LogP contribution in [0, 0.1) is 0 Å². The Labute approximate surface area is 159 Å². The summed E-state index contributed by atoms with van der Waals surface area (Å²) in [4.78, 5) is 25.5. The van der Waals surface area contributed by atoms with Crippen LogP contribution in [-0.2, 0) is 0 Å². The highest BCUT2D eigenvalue weighted by molar-refractivity contribution is 5.92. The summed E-state index contributed by atoms with van der Waals surface area (Å²) < 4.78 is 10.6. The van der Waals surface area contributed by atoms with Crippen molar-refractivity contribution in [2.45, 2.75) is 6.92 Å². The summed E-state index contributed by atoms with van der Waals surface area (Å²) in [6.45, 7) is 6.34. The van der Waals surface area contributed by atoms with Crippen LogP contribution in [0.1, 0.15) is 17.4 Å². The monoisotopic (exact) mass is 371 g/mol. The molecular weight excluding hydrogens is 346 g/mol. The molecule has 1 fully saturated rings. The minimum atomic E-state index is -0.0752. The largest absolute Gasteiger partial charge is 0.497 e. The van der Waals surface area contributed by atoms with Gasteiger partial charge in [-0.2, -0.15) is 0 Å². The van der Waals surface area contributed by atoms with Crippen molar-refractivity contribution in [3.05, 3.63) is 36.2 Å². The average molecular weight is 371 g/mol. The maximum Gasteiger partial charge on any atom is 0.272 e. The second-order valence-corrected chi connectivity index (χ2v) is 6.18. The van der Waals surface area contributed by atoms with E-state index in [1.165, 1.54) is 0 Å². The lowest BCUT2D eigenvalue weighted by atomic mass is 10.2. The van der Waals surface area contributed by atoms with Crippen molar-refractivity contribution in [2.75, 3.05) is 52.3 Å². The number of nitrogens with zero attached hydrogens (tertiary/aromatic N) is 4. The summed E-state index contributed by atoms with van der Waals surface area (Å²) in [5, 5.41) is 3.11. The fourth-order valence-corrected chi connectivity index (χ4v) is 3.00. The molecule has 0 saturated carbocycles. The quantitative estimate of drug-likeness (QED) is 0.832. The molecule has 2 heterocycles. The maximum atomic E-state index is 12.8. The van der Waals surface area contributed by atoms with E-state index in [-0.39, 0.29) is 5.91 Å². The van der Waals surface area contributed by atoms with Gasteiger partial charge in [0.2, 0.25) is 5.95 Å². The first-order valence-corrected chi connectivity index (χ1v) is 8.98. The molecule has 0 unspecified atom stereocenters. The van der Waals surface area contributed by atoms with Gasteiger partial charge in [-0.3, -0.25) is 4.79 Å². The number of carbonyl (C=O) groups excluding carboxylic acids is 1. The van der Waals surface area contributed by atoms with Crippen LogP contribution in [0.5, 0.6) is 11.5 Å². The Morgan fingerprint density at radius 1 is 1.15 bits per heavy atom. The van der Waals surface area contributed by atoms with Gasteiger partial charge in [-0.15, -0.1) is 0 Å². The number of ether oxygens (including phenoxy) is 2. The highest BCUT2D eigenvalue weighted by Crippen LogP contribution is 2.30. The van der Waals surface area contributed by atoms with Crippen LogP contribution in [0.25, 0.3) is 0 Å². The van der Waals surface area contributed by atoms with Crippen LogP contribution < -0.4 is 14.8 Å². The van der Waals surface area contributed by atoms with Crippen molar-refractivity contribution in [2.24, 2.45) is 0 Å². The number of anilines is 2. The predicted octanol–water partition coefficient (Wildman–Crippen LogP) is 2.02. The first kappa shape index (κ1) is 18.9. The van der Waals surface area contributed by atoms with Gasteiger partial charge in [-0.05, 0) is 24.7 Å². The zero-order valence-corrected chi connectivity index (χ0v) is 15.9. The minimum absolute atomic E-state index is 0.0752. The van der Waals surface area contributed by atoms with Crippen LogP contribution in [0.2, 0.25) is 0 Å². The number of amides is 1. The number of hydrogen-bond donors (Lipinski definition) is 1. The Kier molecular flexibility index (Phi) is 6.08. The van der Waals surface area contributed by atoms with Crippen molar-refractivity contribution >= 4 is 17.5 Å². The van der Waals surface area contributed by atoms with Crippen molar-refractivity contribution < 1.29 is 14.3 Å². The summed E-state index contributed by atoms with van der Waals surface area (Å²) >= 11 is 0. The van der Waals surface area contributed by atoms with Gasteiger partial charge in [0.25, 0.3) is 5.91 Å². The first-order chi connectivity index (χ1) is 13.1. The fourth-order valence-electron chi connectivity index (χ4n) is 3.00. The van der Waals surface area contributed by atoms with E-state index in [1.54, 1.807) is 44.7 Å².